The summed E-state index contributed by atoms with van der Waals surface area (Å²) in [5.41, 5.74) is 8.73. The Labute approximate surface area is 197 Å². The molecule has 0 aliphatic heterocycles. The van der Waals surface area contributed by atoms with Crippen molar-refractivity contribution < 1.29 is 4.79 Å². The van der Waals surface area contributed by atoms with E-state index in [2.05, 4.69) is 36.4 Å². The summed E-state index contributed by atoms with van der Waals surface area (Å²) in [5.74, 6) is 0.563. The number of amides is 2. The van der Waals surface area contributed by atoms with Gasteiger partial charge in [-0.3, -0.25) is 10.3 Å². The summed E-state index contributed by atoms with van der Waals surface area (Å²) < 4.78 is 1.70. The van der Waals surface area contributed by atoms with Crippen LogP contribution in [0, 0.1) is 0 Å². The second-order valence-electron chi connectivity index (χ2n) is 8.56. The van der Waals surface area contributed by atoms with Crippen LogP contribution in [0.4, 0.5) is 22.0 Å². The van der Waals surface area contributed by atoms with Crippen molar-refractivity contribution >= 4 is 35.0 Å². The van der Waals surface area contributed by atoms with E-state index in [-0.39, 0.29) is 11.4 Å². The molecule has 7 nitrogen and oxygen atoms in total. The van der Waals surface area contributed by atoms with Crippen LogP contribution >= 0.6 is 11.8 Å². The van der Waals surface area contributed by atoms with Crippen LogP contribution in [-0.2, 0) is 5.41 Å². The molecule has 4 aromatic rings. The van der Waals surface area contributed by atoms with Crippen LogP contribution in [0.3, 0.4) is 0 Å². The third-order valence-corrected chi connectivity index (χ3v) is 5.85. The zero-order valence-electron chi connectivity index (χ0n) is 18.7. The van der Waals surface area contributed by atoms with Crippen molar-refractivity contribution in [1.82, 2.24) is 14.8 Å². The standard InChI is InChI=1S/C25H26N6OS/c1-25(2,3)22-16-23(31(30-22)19-6-4-5-17(26)15-19)29-24(32)28-18-7-9-20(10-8-18)33-21-11-13-27-14-12-21/h4-16H,26H2,1-3H3,(H2,28,29,32). The second kappa shape index (κ2) is 9.38. The number of benzene rings is 2. The largest absolute Gasteiger partial charge is 0.399 e. The molecular weight excluding hydrogens is 432 g/mol. The molecule has 4 rings (SSSR count). The highest BCUT2D eigenvalue weighted by atomic mass is 32.2. The smallest absolute Gasteiger partial charge is 0.324 e. The van der Waals surface area contributed by atoms with Gasteiger partial charge in [-0.05, 0) is 54.6 Å². The highest BCUT2D eigenvalue weighted by Gasteiger charge is 2.21. The maximum absolute atomic E-state index is 12.8. The van der Waals surface area contributed by atoms with Crippen LogP contribution in [0.25, 0.3) is 5.69 Å². The van der Waals surface area contributed by atoms with Crippen molar-refractivity contribution in [3.8, 4) is 5.69 Å². The van der Waals surface area contributed by atoms with E-state index >= 15 is 0 Å². The van der Waals surface area contributed by atoms with Crippen LogP contribution in [0.5, 0.6) is 0 Å². The van der Waals surface area contributed by atoms with E-state index in [1.807, 2.05) is 66.7 Å². The highest BCUT2D eigenvalue weighted by molar-refractivity contribution is 7.99. The molecule has 0 radical (unpaired) electrons. The Balaban J connectivity index is 1.49. The van der Waals surface area contributed by atoms with Gasteiger partial charge >= 0.3 is 6.03 Å². The molecule has 4 N–H and O–H groups in total. The van der Waals surface area contributed by atoms with Gasteiger partial charge in [0, 0.05) is 45.0 Å². The molecule has 0 aliphatic rings. The fourth-order valence-electron chi connectivity index (χ4n) is 3.12. The van der Waals surface area contributed by atoms with E-state index in [0.29, 0.717) is 17.2 Å². The lowest BCUT2D eigenvalue weighted by Crippen LogP contribution is -2.21. The van der Waals surface area contributed by atoms with Gasteiger partial charge in [-0.1, -0.05) is 38.6 Å². The Kier molecular flexibility index (Phi) is 6.37. The molecule has 33 heavy (non-hydrogen) atoms. The van der Waals surface area contributed by atoms with Crippen molar-refractivity contribution in [2.45, 2.75) is 36.0 Å². The van der Waals surface area contributed by atoms with Gasteiger partial charge < -0.3 is 11.1 Å². The lowest BCUT2D eigenvalue weighted by molar-refractivity contribution is 0.262. The number of hydrogen-bond acceptors (Lipinski definition) is 5. The summed E-state index contributed by atoms with van der Waals surface area (Å²) in [4.78, 5) is 19.0. The fourth-order valence-corrected chi connectivity index (χ4v) is 3.92. The molecule has 2 amide bonds. The zero-order chi connectivity index (χ0) is 23.4. The average Bonchev–Trinajstić information content (AvgIpc) is 3.20. The topological polar surface area (TPSA) is 97.9 Å². The van der Waals surface area contributed by atoms with E-state index in [9.17, 15) is 4.79 Å². The SMILES string of the molecule is CC(C)(C)c1cc(NC(=O)Nc2ccc(Sc3ccncc3)cc2)n(-c2cccc(N)c2)n1. The first-order chi connectivity index (χ1) is 15.8. The van der Waals surface area contributed by atoms with E-state index in [1.54, 1.807) is 28.8 Å². The molecule has 0 bridgehead atoms. The molecule has 2 aromatic heterocycles. The van der Waals surface area contributed by atoms with E-state index in [4.69, 9.17) is 10.8 Å². The van der Waals surface area contributed by atoms with Gasteiger partial charge in [0.05, 0.1) is 11.4 Å². The molecule has 0 unspecified atom stereocenters. The molecule has 0 spiro atoms. The average molecular weight is 459 g/mol. The molecule has 0 atom stereocenters. The Morgan fingerprint density at radius 2 is 1.64 bits per heavy atom. The van der Waals surface area contributed by atoms with Gasteiger partial charge in [-0.2, -0.15) is 5.10 Å². The first-order valence-corrected chi connectivity index (χ1v) is 11.3. The van der Waals surface area contributed by atoms with Gasteiger partial charge in [0.2, 0.25) is 0 Å². The third kappa shape index (κ3) is 5.72. The minimum atomic E-state index is -0.352. The van der Waals surface area contributed by atoms with Crippen LogP contribution in [-0.4, -0.2) is 20.8 Å². The van der Waals surface area contributed by atoms with Crippen molar-refractivity contribution in [3.05, 3.63) is 84.8 Å². The first-order valence-electron chi connectivity index (χ1n) is 10.5. The molecule has 8 heteroatoms. The van der Waals surface area contributed by atoms with E-state index in [1.165, 1.54) is 0 Å². The quantitative estimate of drug-likeness (QED) is 0.321. The molecule has 0 aliphatic carbocycles. The minimum absolute atomic E-state index is 0.180. The van der Waals surface area contributed by atoms with Crippen LogP contribution < -0.4 is 16.4 Å². The second-order valence-corrected chi connectivity index (χ2v) is 9.71. The van der Waals surface area contributed by atoms with Crippen molar-refractivity contribution in [1.29, 1.82) is 0 Å². The number of pyridine rings is 1. The van der Waals surface area contributed by atoms with Gasteiger partial charge in [0.1, 0.15) is 5.82 Å². The number of urea groups is 1. The number of nitrogens with one attached hydrogen (secondary N) is 2. The summed E-state index contributed by atoms with van der Waals surface area (Å²) in [7, 11) is 0. The van der Waals surface area contributed by atoms with Crippen molar-refractivity contribution in [2.24, 2.45) is 0 Å². The minimum Gasteiger partial charge on any atom is -0.399 e. The normalized spacial score (nSPS) is 11.2. The van der Waals surface area contributed by atoms with Gasteiger partial charge in [0.15, 0.2) is 0 Å². The lowest BCUT2D eigenvalue weighted by atomic mass is 9.92. The number of nitrogen functional groups attached to an aromatic ring is 1. The number of hydrogen-bond donors (Lipinski definition) is 3. The predicted octanol–water partition coefficient (Wildman–Crippen LogP) is 5.94. The number of carbonyl (C=O) groups is 1. The van der Waals surface area contributed by atoms with Crippen molar-refractivity contribution in [2.75, 3.05) is 16.4 Å². The summed E-state index contributed by atoms with van der Waals surface area (Å²) in [6.07, 6.45) is 3.53. The predicted molar refractivity (Wildman–Crippen MR) is 134 cm³/mol. The van der Waals surface area contributed by atoms with Crippen LogP contribution in [0.15, 0.2) is 88.9 Å². The highest BCUT2D eigenvalue weighted by Crippen LogP contribution is 2.29. The number of aromatic nitrogens is 3. The first kappa shape index (κ1) is 22.4. The fraction of sp³-hybridized carbons (Fsp3) is 0.160. The maximum Gasteiger partial charge on any atom is 0.324 e. The number of nitrogens with zero attached hydrogens (tertiary/aromatic N) is 3. The Morgan fingerprint density at radius 1 is 0.939 bits per heavy atom. The van der Waals surface area contributed by atoms with Gasteiger partial charge in [-0.25, -0.2) is 9.48 Å². The monoisotopic (exact) mass is 458 g/mol. The molecule has 168 valence electrons. The number of nitrogens with two attached hydrogens (primary N) is 1. The maximum atomic E-state index is 12.8. The number of rotatable bonds is 5. The Bertz CT molecular complexity index is 1250. The number of anilines is 3. The molecule has 0 saturated heterocycles. The number of carbonyl (C=O) groups excluding carboxylic acids is 1. The molecule has 0 fully saturated rings. The molecular formula is C25H26N6OS. The summed E-state index contributed by atoms with van der Waals surface area (Å²) in [6, 6.07) is 20.5. The lowest BCUT2D eigenvalue weighted by Gasteiger charge is -2.14. The van der Waals surface area contributed by atoms with Crippen LogP contribution in [0.1, 0.15) is 26.5 Å². The molecule has 0 saturated carbocycles. The third-order valence-electron chi connectivity index (χ3n) is 4.83. The Morgan fingerprint density at radius 3 is 2.30 bits per heavy atom. The van der Waals surface area contributed by atoms with Gasteiger partial charge in [-0.15, -0.1) is 0 Å². The molecule has 2 heterocycles. The van der Waals surface area contributed by atoms with Crippen LogP contribution in [0.2, 0.25) is 0 Å². The summed E-state index contributed by atoms with van der Waals surface area (Å²) in [6.45, 7) is 6.23. The molecule has 2 aromatic carbocycles. The van der Waals surface area contributed by atoms with Crippen molar-refractivity contribution in [3.63, 3.8) is 0 Å². The summed E-state index contributed by atoms with van der Waals surface area (Å²) >= 11 is 1.63. The Hall–Kier alpha value is -3.78. The zero-order valence-corrected chi connectivity index (χ0v) is 19.6. The van der Waals surface area contributed by atoms with E-state index < -0.39 is 0 Å². The van der Waals surface area contributed by atoms with E-state index in [0.717, 1.165) is 21.2 Å². The van der Waals surface area contributed by atoms with Gasteiger partial charge in [0.25, 0.3) is 0 Å². The summed E-state index contributed by atoms with van der Waals surface area (Å²) in [5, 5.41) is 10.5.